The maximum absolute atomic E-state index is 15.0. The molecular formula is C30H48N8O12S4. The number of carboxylic acid groups (broad SMARTS) is 2. The average Bonchev–Trinajstić information content (AvgIpc) is 3.81. The molecule has 20 nitrogen and oxygen atoms in total. The van der Waals surface area contributed by atoms with Crippen LogP contribution in [0.1, 0.15) is 52.6 Å². The molecule has 0 aliphatic carbocycles. The van der Waals surface area contributed by atoms with Crippen LogP contribution in [-0.2, 0) is 30.0 Å². The highest BCUT2D eigenvalue weighted by atomic mass is 32.2. The summed E-state index contributed by atoms with van der Waals surface area (Å²) in [4.78, 5) is 56.2. The minimum Gasteiger partial charge on any atom is -0.481 e. The fraction of sp³-hybridized carbons (Fsp3) is 0.733. The quantitative estimate of drug-likeness (QED) is 0.0748. The number of aromatic nitrogens is 2. The molecule has 4 aliphatic heterocycles. The van der Waals surface area contributed by atoms with Gasteiger partial charge in [0, 0.05) is 70.4 Å². The molecule has 4 aliphatic rings. The van der Waals surface area contributed by atoms with Gasteiger partial charge < -0.3 is 31.1 Å². The number of aliphatic hydroxyl groups is 2. The summed E-state index contributed by atoms with van der Waals surface area (Å²) in [6.07, 6.45) is -2.10. The molecule has 0 unspecified atom stereocenters. The molecule has 1 aromatic rings. The number of aliphatic carboxylic acids is 2. The lowest BCUT2D eigenvalue weighted by atomic mass is 9.87. The van der Waals surface area contributed by atoms with Crippen molar-refractivity contribution in [3.8, 4) is 0 Å². The molecule has 24 heteroatoms. The summed E-state index contributed by atoms with van der Waals surface area (Å²) in [7, 11) is -7.92. The van der Waals surface area contributed by atoms with E-state index < -0.39 is 91.4 Å². The van der Waals surface area contributed by atoms with Gasteiger partial charge in [-0.15, -0.1) is 23.5 Å². The molecule has 2 saturated heterocycles. The second-order valence-electron chi connectivity index (χ2n) is 14.5. The number of thioether (sulfide) groups is 2. The standard InChI is InChI=1S/C30H48N8O12S4/c1-11-21(19(13(3)39)29(43)44)37-23(25(11)51-17-5-15(33-9-17)7-35-53(31,47)48)27(41)38-22(20(14(4)40)30(45)46)12(2)26(24(38)28(37)42)52-18-6-16(34-10-18)8-36-54(32,49)50/h11-22,33-36,39-40H,5-10H2,1-4H3,(H,43,44)(H,45,46)(H2,31,47,48)(H2,32,49,50)/t11-,12-,13-,14-,15+,16+,17+,18+,19-,20-,21-,22-/m1/s1. The Hall–Kier alpha value is -2.36. The Balaban J connectivity index is 1.71. The molecule has 0 aromatic carbocycles. The topological polar surface area (TPSA) is 328 Å². The number of fused-ring (bicyclic) bond motifs is 2. The summed E-state index contributed by atoms with van der Waals surface area (Å²) in [5.74, 6) is -7.45. The van der Waals surface area contributed by atoms with E-state index in [2.05, 4.69) is 20.1 Å². The molecule has 0 radical (unpaired) electrons. The zero-order valence-electron chi connectivity index (χ0n) is 29.9. The molecule has 0 saturated carbocycles. The van der Waals surface area contributed by atoms with Crippen molar-refractivity contribution < 1.29 is 46.9 Å². The van der Waals surface area contributed by atoms with Gasteiger partial charge in [0.05, 0.1) is 24.3 Å². The van der Waals surface area contributed by atoms with Crippen LogP contribution in [0.4, 0.5) is 0 Å². The van der Waals surface area contributed by atoms with Gasteiger partial charge in [-0.2, -0.15) is 16.8 Å². The van der Waals surface area contributed by atoms with Crippen LogP contribution in [0.2, 0.25) is 0 Å². The second kappa shape index (κ2) is 16.2. The van der Waals surface area contributed by atoms with Crippen molar-refractivity contribution in [2.24, 2.45) is 33.9 Å². The van der Waals surface area contributed by atoms with E-state index in [4.69, 9.17) is 10.3 Å². The third-order valence-corrected chi connectivity index (χ3v) is 14.8. The Kier molecular flexibility index (Phi) is 12.9. The third kappa shape index (κ3) is 8.78. The van der Waals surface area contributed by atoms with Gasteiger partial charge in [0.1, 0.15) is 22.5 Å². The van der Waals surface area contributed by atoms with Gasteiger partial charge in [-0.05, 0) is 26.7 Å². The van der Waals surface area contributed by atoms with Crippen LogP contribution in [0.3, 0.4) is 0 Å². The SMILES string of the molecule is C[C@@H](O)[C@@H](C(=O)O)[C@H]1[C@@H](C)C(S[C@@H]2CN[C@H](CNS(N)(=O)=O)C2)=c2c(=O)n3c(c(=O)n21)=C(S[C@@H]1CN[C@H](CNS(N)(=O)=O)C1)[C@H](C)[C@@H]3[C@H](C(=O)O)[C@@H](C)O. The maximum atomic E-state index is 15.0. The predicted octanol–water partition coefficient (Wildman–Crippen LogP) is -4.72. The van der Waals surface area contributed by atoms with Crippen molar-refractivity contribution in [1.29, 1.82) is 0 Å². The molecule has 304 valence electrons. The zero-order valence-corrected chi connectivity index (χ0v) is 33.2. The van der Waals surface area contributed by atoms with Crippen LogP contribution in [-0.4, -0.2) is 119 Å². The summed E-state index contributed by atoms with van der Waals surface area (Å²) >= 11 is 2.45. The minimum atomic E-state index is -3.96. The fourth-order valence-corrected chi connectivity index (χ4v) is 12.1. The van der Waals surface area contributed by atoms with E-state index in [0.29, 0.717) is 35.7 Å². The van der Waals surface area contributed by atoms with Gasteiger partial charge in [-0.25, -0.2) is 19.7 Å². The predicted molar refractivity (Wildman–Crippen MR) is 201 cm³/mol. The van der Waals surface area contributed by atoms with Crippen LogP contribution >= 0.6 is 23.5 Å². The van der Waals surface area contributed by atoms with Crippen molar-refractivity contribution in [1.82, 2.24) is 29.2 Å². The Morgan fingerprint density at radius 3 is 1.37 bits per heavy atom. The van der Waals surface area contributed by atoms with Crippen LogP contribution in [0.5, 0.6) is 0 Å². The van der Waals surface area contributed by atoms with Crippen molar-refractivity contribution in [3.63, 3.8) is 0 Å². The maximum Gasteiger partial charge on any atom is 0.311 e. The monoisotopic (exact) mass is 840 g/mol. The number of aliphatic hydroxyl groups excluding tert-OH is 2. The number of hydrogen-bond donors (Lipinski definition) is 10. The molecule has 0 spiro atoms. The number of nitrogens with zero attached hydrogens (tertiary/aromatic N) is 2. The molecule has 1 aromatic heterocycles. The number of nitrogens with one attached hydrogen (secondary N) is 4. The van der Waals surface area contributed by atoms with E-state index >= 15 is 9.59 Å². The first-order valence-electron chi connectivity index (χ1n) is 17.3. The largest absolute Gasteiger partial charge is 0.481 e. The smallest absolute Gasteiger partial charge is 0.311 e. The van der Waals surface area contributed by atoms with Gasteiger partial charge in [0.25, 0.3) is 31.5 Å². The van der Waals surface area contributed by atoms with Crippen molar-refractivity contribution in [2.75, 3.05) is 26.2 Å². The number of rotatable bonds is 16. The zero-order chi connectivity index (χ0) is 40.2. The highest BCUT2D eigenvalue weighted by molar-refractivity contribution is 8.08. The van der Waals surface area contributed by atoms with Gasteiger partial charge >= 0.3 is 11.9 Å². The third-order valence-electron chi connectivity index (χ3n) is 10.6. The van der Waals surface area contributed by atoms with Crippen LogP contribution in [0.15, 0.2) is 9.59 Å². The molecule has 54 heavy (non-hydrogen) atoms. The molecule has 0 amide bonds. The fourth-order valence-electron chi connectivity index (χ4n) is 8.24. The molecular weight excluding hydrogens is 793 g/mol. The Morgan fingerprint density at radius 2 is 1.09 bits per heavy atom. The molecule has 0 bridgehead atoms. The van der Waals surface area contributed by atoms with E-state index in [1.807, 2.05) is 0 Å². The van der Waals surface area contributed by atoms with Gasteiger partial charge in [0.15, 0.2) is 0 Å². The van der Waals surface area contributed by atoms with E-state index in [0.717, 1.165) is 9.13 Å². The molecule has 12 atom stereocenters. The highest BCUT2D eigenvalue weighted by Gasteiger charge is 2.49. The normalized spacial score (nSPS) is 30.6. The first-order chi connectivity index (χ1) is 25.0. The first kappa shape index (κ1) is 42.8. The molecule has 2 fully saturated rings. The van der Waals surface area contributed by atoms with Gasteiger partial charge in [0.2, 0.25) is 0 Å². The van der Waals surface area contributed by atoms with Crippen molar-refractivity contribution in [3.05, 3.63) is 31.4 Å². The summed E-state index contributed by atoms with van der Waals surface area (Å²) in [5, 5.41) is 58.0. The number of carboxylic acids is 2. The lowest BCUT2D eigenvalue weighted by Crippen LogP contribution is -2.59. The van der Waals surface area contributed by atoms with Crippen LogP contribution < -0.4 is 52.2 Å². The summed E-state index contributed by atoms with van der Waals surface area (Å²) < 4.78 is 52.7. The molecule has 5 heterocycles. The number of carbonyl (C=O) groups is 2. The first-order valence-corrected chi connectivity index (χ1v) is 22.2. The van der Waals surface area contributed by atoms with Crippen molar-refractivity contribution >= 4 is 65.7 Å². The molecule has 5 rings (SSSR count). The lowest BCUT2D eigenvalue weighted by molar-refractivity contribution is -0.149. The highest BCUT2D eigenvalue weighted by Crippen LogP contribution is 2.46. The van der Waals surface area contributed by atoms with E-state index in [9.17, 15) is 46.9 Å². The summed E-state index contributed by atoms with van der Waals surface area (Å²) in [6, 6.07) is -3.11. The van der Waals surface area contributed by atoms with Gasteiger partial charge in [-0.3, -0.25) is 28.3 Å². The Bertz CT molecular complexity index is 1980. The minimum absolute atomic E-state index is 0.00953. The van der Waals surface area contributed by atoms with E-state index in [-0.39, 0.29) is 46.4 Å². The Morgan fingerprint density at radius 1 is 0.759 bits per heavy atom. The Labute approximate surface area is 319 Å². The average molecular weight is 841 g/mol. The number of nitrogens with two attached hydrogens (primary N) is 2. The summed E-state index contributed by atoms with van der Waals surface area (Å²) in [5.41, 5.74) is -1.51. The van der Waals surface area contributed by atoms with Crippen molar-refractivity contribution in [2.45, 2.75) is 87.4 Å². The molecule has 12 N–H and O–H groups in total. The summed E-state index contributed by atoms with van der Waals surface area (Å²) in [6.45, 7) is 6.58. The van der Waals surface area contributed by atoms with Gasteiger partial charge in [-0.1, -0.05) is 13.8 Å². The van der Waals surface area contributed by atoms with Crippen LogP contribution in [0.25, 0.3) is 9.81 Å². The lowest BCUT2D eigenvalue weighted by Gasteiger charge is -2.30. The number of hydrogen-bond acceptors (Lipinski definition) is 14. The second-order valence-corrected chi connectivity index (χ2v) is 19.9. The van der Waals surface area contributed by atoms with E-state index in [1.54, 1.807) is 13.8 Å². The van der Waals surface area contributed by atoms with Crippen LogP contribution in [0, 0.1) is 23.7 Å². The van der Waals surface area contributed by atoms with E-state index in [1.165, 1.54) is 37.4 Å².